The van der Waals surface area contributed by atoms with Crippen LogP contribution >= 0.6 is 0 Å². The number of nitrogens with zero attached hydrogens (tertiary/aromatic N) is 1. The Bertz CT molecular complexity index is 526. The van der Waals surface area contributed by atoms with E-state index in [1.807, 2.05) is 12.1 Å². The topological polar surface area (TPSA) is 37.4 Å². The number of carbonyl (C=O) groups excluding carboxylic acids is 2. The molecule has 0 radical (unpaired) electrons. The summed E-state index contributed by atoms with van der Waals surface area (Å²) >= 11 is 0. The Balaban J connectivity index is 2.21. The molecule has 1 aliphatic rings. The van der Waals surface area contributed by atoms with Gasteiger partial charge in [-0.25, -0.2) is 0 Å². The number of benzene rings is 1. The van der Waals surface area contributed by atoms with E-state index in [4.69, 9.17) is 0 Å². The van der Waals surface area contributed by atoms with Gasteiger partial charge in [-0.1, -0.05) is 38.1 Å². The van der Waals surface area contributed by atoms with Crippen LogP contribution < -0.4 is 0 Å². The van der Waals surface area contributed by atoms with Crippen molar-refractivity contribution in [3.63, 3.8) is 0 Å². The molecule has 0 atom stereocenters. The smallest absolute Gasteiger partial charge is 0.293 e. The normalized spacial score (nSPS) is 16.0. The highest BCUT2D eigenvalue weighted by Crippen LogP contribution is 2.24. The molecule has 0 aliphatic carbocycles. The molecule has 0 spiro atoms. The molecule has 1 aromatic carbocycles. The molecule has 0 unspecified atom stereocenters. The number of Topliss-reactive ketones (excluding diaryl/α,β-unsaturated/α-hetero) is 1. The van der Waals surface area contributed by atoms with Gasteiger partial charge >= 0.3 is 0 Å². The lowest BCUT2D eigenvalue weighted by Gasteiger charge is -2.20. The second-order valence-corrected chi connectivity index (χ2v) is 5.47. The molecular weight excluding hydrogens is 238 g/mol. The van der Waals surface area contributed by atoms with Gasteiger partial charge in [-0.2, -0.15) is 0 Å². The highest BCUT2D eigenvalue weighted by Gasteiger charge is 2.24. The number of carbonyl (C=O) groups is 2. The Hall–Kier alpha value is -1.90. The van der Waals surface area contributed by atoms with Crippen molar-refractivity contribution in [3.8, 4) is 0 Å². The van der Waals surface area contributed by atoms with E-state index in [0.717, 1.165) is 17.6 Å². The third-order valence-corrected chi connectivity index (χ3v) is 3.23. The molecule has 3 heteroatoms. The van der Waals surface area contributed by atoms with Crippen LogP contribution in [0.15, 0.2) is 30.5 Å². The Morgan fingerprint density at radius 1 is 1.16 bits per heavy atom. The maximum Gasteiger partial charge on any atom is 0.293 e. The zero-order valence-electron chi connectivity index (χ0n) is 11.6. The van der Waals surface area contributed by atoms with Crippen LogP contribution in [0.25, 0.3) is 5.57 Å². The van der Waals surface area contributed by atoms with Gasteiger partial charge < -0.3 is 4.90 Å². The van der Waals surface area contributed by atoms with Crippen molar-refractivity contribution in [1.29, 1.82) is 0 Å². The fraction of sp³-hybridized carbons (Fsp3) is 0.375. The molecule has 3 nitrogen and oxygen atoms in total. The average molecular weight is 257 g/mol. The number of hydrogen-bond donors (Lipinski definition) is 0. The van der Waals surface area contributed by atoms with Crippen LogP contribution in [0.5, 0.6) is 0 Å². The van der Waals surface area contributed by atoms with E-state index in [2.05, 4.69) is 26.0 Å². The monoisotopic (exact) mass is 257 g/mol. The molecule has 2 rings (SSSR count). The Labute approximate surface area is 113 Å². The summed E-state index contributed by atoms with van der Waals surface area (Å²) in [5.74, 6) is -0.142. The summed E-state index contributed by atoms with van der Waals surface area (Å²) in [6.45, 7) is 4.38. The van der Waals surface area contributed by atoms with Crippen LogP contribution in [0.2, 0.25) is 0 Å². The number of hydrogen-bond acceptors (Lipinski definition) is 2. The minimum Gasteiger partial charge on any atom is -0.315 e. The Morgan fingerprint density at radius 3 is 2.32 bits per heavy atom. The van der Waals surface area contributed by atoms with Crippen molar-refractivity contribution in [2.24, 2.45) is 5.92 Å². The zero-order chi connectivity index (χ0) is 14.0. The average Bonchev–Trinajstić information content (AvgIpc) is 2.35. The number of likely N-dealkylation sites (N-methyl/N-ethyl adjacent to an activating group) is 1. The summed E-state index contributed by atoms with van der Waals surface area (Å²) in [5, 5.41) is 0. The third-order valence-electron chi connectivity index (χ3n) is 3.23. The molecule has 0 bridgehead atoms. The van der Waals surface area contributed by atoms with Gasteiger partial charge in [-0.15, -0.1) is 0 Å². The number of ketones is 1. The first-order valence-electron chi connectivity index (χ1n) is 6.57. The van der Waals surface area contributed by atoms with Crippen LogP contribution in [0.3, 0.4) is 0 Å². The molecule has 1 aliphatic heterocycles. The summed E-state index contributed by atoms with van der Waals surface area (Å²) in [6, 6.07) is 8.25. The maximum atomic E-state index is 11.6. The molecule has 0 fully saturated rings. The van der Waals surface area contributed by atoms with Crippen LogP contribution in [0, 0.1) is 5.92 Å². The lowest BCUT2D eigenvalue weighted by Crippen LogP contribution is -2.33. The van der Waals surface area contributed by atoms with E-state index in [1.165, 1.54) is 10.5 Å². The molecule has 1 amide bonds. The van der Waals surface area contributed by atoms with Crippen LogP contribution in [0.4, 0.5) is 0 Å². The van der Waals surface area contributed by atoms with E-state index >= 15 is 0 Å². The summed E-state index contributed by atoms with van der Waals surface area (Å²) < 4.78 is 0. The molecule has 19 heavy (non-hydrogen) atoms. The predicted molar refractivity (Wildman–Crippen MR) is 75.4 cm³/mol. The van der Waals surface area contributed by atoms with Crippen LogP contribution in [-0.4, -0.2) is 23.6 Å². The first-order valence-corrected chi connectivity index (χ1v) is 6.57. The highest BCUT2D eigenvalue weighted by atomic mass is 16.2. The quantitative estimate of drug-likeness (QED) is 0.781. The van der Waals surface area contributed by atoms with Crippen molar-refractivity contribution in [3.05, 3.63) is 41.6 Å². The zero-order valence-corrected chi connectivity index (χ0v) is 11.6. The highest BCUT2D eigenvalue weighted by molar-refractivity contribution is 6.39. The van der Waals surface area contributed by atoms with Gasteiger partial charge in [0.1, 0.15) is 0 Å². The molecule has 100 valence electrons. The molecule has 1 heterocycles. The van der Waals surface area contributed by atoms with Crippen LogP contribution in [0.1, 0.15) is 31.4 Å². The minimum atomic E-state index is -0.430. The minimum absolute atomic E-state index is 0.201. The number of rotatable bonds is 3. The van der Waals surface area contributed by atoms with E-state index in [-0.39, 0.29) is 12.2 Å². The van der Waals surface area contributed by atoms with Gasteiger partial charge in [0.05, 0.1) is 0 Å². The fourth-order valence-electron chi connectivity index (χ4n) is 2.29. The maximum absolute atomic E-state index is 11.6. The van der Waals surface area contributed by atoms with Crippen molar-refractivity contribution in [2.45, 2.75) is 26.7 Å². The summed E-state index contributed by atoms with van der Waals surface area (Å²) in [6.07, 6.45) is 3.00. The van der Waals surface area contributed by atoms with Crippen LogP contribution in [-0.2, 0) is 16.0 Å². The van der Waals surface area contributed by atoms with E-state index in [9.17, 15) is 9.59 Å². The van der Waals surface area contributed by atoms with Crippen molar-refractivity contribution < 1.29 is 9.59 Å². The van der Waals surface area contributed by atoms with Gasteiger partial charge in [0.15, 0.2) is 0 Å². The molecular formula is C16H19NO2. The lowest BCUT2D eigenvalue weighted by atomic mass is 9.95. The SMILES string of the molecule is CC(C)Cc1ccc(C2=CN(C)C(=O)C(=O)C2)cc1. The third kappa shape index (κ3) is 3.11. The van der Waals surface area contributed by atoms with Gasteiger partial charge in [0.25, 0.3) is 5.91 Å². The second kappa shape index (κ2) is 5.39. The summed E-state index contributed by atoms with van der Waals surface area (Å²) in [5.41, 5.74) is 3.22. The Morgan fingerprint density at radius 2 is 1.79 bits per heavy atom. The largest absolute Gasteiger partial charge is 0.315 e. The fourth-order valence-corrected chi connectivity index (χ4v) is 2.29. The van der Waals surface area contributed by atoms with Gasteiger partial charge in [0, 0.05) is 19.7 Å². The van der Waals surface area contributed by atoms with E-state index in [1.54, 1.807) is 13.2 Å². The molecule has 0 saturated carbocycles. The van der Waals surface area contributed by atoms with E-state index in [0.29, 0.717) is 5.92 Å². The van der Waals surface area contributed by atoms with Crippen molar-refractivity contribution in [2.75, 3.05) is 7.05 Å². The molecule has 0 aromatic heterocycles. The number of amides is 1. The first-order chi connectivity index (χ1) is 8.97. The lowest BCUT2D eigenvalue weighted by molar-refractivity contribution is -0.142. The standard InChI is InChI=1S/C16H19NO2/c1-11(2)8-12-4-6-13(7-5-12)14-9-15(18)16(19)17(3)10-14/h4-7,10-11H,8-9H2,1-3H3. The second-order valence-electron chi connectivity index (χ2n) is 5.47. The number of allylic oxidation sites excluding steroid dienone is 1. The first kappa shape index (κ1) is 13.5. The van der Waals surface area contributed by atoms with Gasteiger partial charge in [-0.05, 0) is 29.0 Å². The van der Waals surface area contributed by atoms with Gasteiger partial charge in [-0.3, -0.25) is 9.59 Å². The Kier molecular flexibility index (Phi) is 3.84. The van der Waals surface area contributed by atoms with E-state index < -0.39 is 5.91 Å². The molecule has 0 N–H and O–H groups in total. The summed E-state index contributed by atoms with van der Waals surface area (Å²) in [7, 11) is 1.62. The van der Waals surface area contributed by atoms with Crippen molar-refractivity contribution >= 4 is 17.3 Å². The predicted octanol–water partition coefficient (Wildman–Crippen LogP) is 2.66. The molecule has 0 saturated heterocycles. The van der Waals surface area contributed by atoms with Crippen molar-refractivity contribution in [1.82, 2.24) is 4.90 Å². The van der Waals surface area contributed by atoms with Gasteiger partial charge in [0.2, 0.25) is 5.78 Å². The molecule has 1 aromatic rings. The summed E-state index contributed by atoms with van der Waals surface area (Å²) in [4.78, 5) is 24.3.